The topological polar surface area (TPSA) is 66.4 Å². The lowest BCUT2D eigenvalue weighted by molar-refractivity contribution is -0.127. The van der Waals surface area contributed by atoms with Crippen LogP contribution in [0.1, 0.15) is 17.2 Å². The number of benzene rings is 2. The summed E-state index contributed by atoms with van der Waals surface area (Å²) in [6.45, 7) is -0.0300. The maximum atomic E-state index is 12.5. The number of hydrogen-bond donors (Lipinski definition) is 0. The van der Waals surface area contributed by atoms with Gasteiger partial charge in [0.1, 0.15) is 12.6 Å². The SMILES string of the molecule is COc1cc(C=NCC(=O)C(OC)c2ccc(Cl)cc2)cc(OC)c1OC. The summed E-state index contributed by atoms with van der Waals surface area (Å²) >= 11 is 5.88. The lowest BCUT2D eigenvalue weighted by atomic mass is 10.1. The Morgan fingerprint density at radius 1 is 1.04 bits per heavy atom. The van der Waals surface area contributed by atoms with E-state index < -0.39 is 6.10 Å². The summed E-state index contributed by atoms with van der Waals surface area (Å²) in [5.41, 5.74) is 1.45. The van der Waals surface area contributed by atoms with Gasteiger partial charge in [-0.15, -0.1) is 0 Å². The van der Waals surface area contributed by atoms with Gasteiger partial charge in [0.05, 0.1) is 21.3 Å². The second-order valence-corrected chi connectivity index (χ2v) is 6.00. The van der Waals surface area contributed by atoms with Crippen LogP contribution in [0.2, 0.25) is 5.02 Å². The molecule has 1 unspecified atom stereocenters. The number of hydrogen-bond acceptors (Lipinski definition) is 6. The first-order valence-electron chi connectivity index (χ1n) is 8.14. The zero-order valence-corrected chi connectivity index (χ0v) is 16.4. The first kappa shape index (κ1) is 20.7. The average molecular weight is 392 g/mol. The van der Waals surface area contributed by atoms with E-state index in [4.69, 9.17) is 30.5 Å². The smallest absolute Gasteiger partial charge is 0.203 e. The fraction of sp³-hybridized carbons (Fsp3) is 0.300. The van der Waals surface area contributed by atoms with Gasteiger partial charge in [0.15, 0.2) is 17.3 Å². The standard InChI is InChI=1S/C20H22ClNO5/c1-24-17-9-13(10-18(25-2)20(17)27-4)11-22-12-16(23)19(26-3)14-5-7-15(21)8-6-14/h5-11,19H,12H2,1-4H3. The molecule has 6 nitrogen and oxygen atoms in total. The van der Waals surface area contributed by atoms with Crippen molar-refractivity contribution in [1.29, 1.82) is 0 Å². The molecule has 2 rings (SSSR count). The van der Waals surface area contributed by atoms with Crippen molar-refractivity contribution in [3.63, 3.8) is 0 Å². The molecule has 0 fully saturated rings. The number of halogens is 1. The predicted molar refractivity (Wildman–Crippen MR) is 105 cm³/mol. The monoisotopic (exact) mass is 391 g/mol. The van der Waals surface area contributed by atoms with Crippen LogP contribution in [-0.2, 0) is 9.53 Å². The van der Waals surface area contributed by atoms with Crippen LogP contribution in [0.3, 0.4) is 0 Å². The molecule has 0 aliphatic carbocycles. The summed E-state index contributed by atoms with van der Waals surface area (Å²) in [6.07, 6.45) is 0.885. The van der Waals surface area contributed by atoms with Crippen molar-refractivity contribution in [3.8, 4) is 17.2 Å². The van der Waals surface area contributed by atoms with E-state index in [1.807, 2.05) is 0 Å². The van der Waals surface area contributed by atoms with Crippen LogP contribution in [0.4, 0.5) is 0 Å². The molecule has 0 amide bonds. The molecule has 0 aromatic heterocycles. The highest BCUT2D eigenvalue weighted by Crippen LogP contribution is 2.37. The highest BCUT2D eigenvalue weighted by atomic mass is 35.5. The van der Waals surface area contributed by atoms with Gasteiger partial charge in [-0.25, -0.2) is 0 Å². The average Bonchev–Trinajstić information content (AvgIpc) is 2.69. The Kier molecular flexibility index (Phi) is 7.64. The molecule has 27 heavy (non-hydrogen) atoms. The number of Topliss-reactive ketones (excluding diaryl/α,β-unsaturated/α-hetero) is 1. The van der Waals surface area contributed by atoms with E-state index in [0.29, 0.717) is 22.3 Å². The van der Waals surface area contributed by atoms with Crippen molar-refractivity contribution in [3.05, 3.63) is 52.5 Å². The fourth-order valence-corrected chi connectivity index (χ4v) is 2.72. The number of rotatable bonds is 9. The number of ketones is 1. The van der Waals surface area contributed by atoms with E-state index in [1.165, 1.54) is 28.4 Å². The summed E-state index contributed by atoms with van der Waals surface area (Å²) in [6, 6.07) is 10.5. The minimum atomic E-state index is -0.695. The molecule has 7 heteroatoms. The van der Waals surface area contributed by atoms with Gasteiger partial charge in [-0.3, -0.25) is 9.79 Å². The third kappa shape index (κ3) is 5.21. The summed E-state index contributed by atoms with van der Waals surface area (Å²) in [5.74, 6) is 1.36. The Bertz CT molecular complexity index is 780. The van der Waals surface area contributed by atoms with Crippen LogP contribution in [0, 0.1) is 0 Å². The molecule has 144 valence electrons. The highest BCUT2D eigenvalue weighted by molar-refractivity contribution is 6.30. The molecular formula is C20H22ClNO5. The van der Waals surface area contributed by atoms with Gasteiger partial charge in [0.2, 0.25) is 5.75 Å². The second-order valence-electron chi connectivity index (χ2n) is 5.56. The third-order valence-electron chi connectivity index (χ3n) is 3.88. The van der Waals surface area contributed by atoms with Crippen LogP contribution in [-0.4, -0.2) is 47.0 Å². The first-order valence-corrected chi connectivity index (χ1v) is 8.52. The molecule has 0 saturated carbocycles. The Morgan fingerprint density at radius 3 is 2.11 bits per heavy atom. The number of nitrogens with zero attached hydrogens (tertiary/aromatic N) is 1. The van der Waals surface area contributed by atoms with Gasteiger partial charge < -0.3 is 18.9 Å². The van der Waals surface area contributed by atoms with Crippen LogP contribution in [0.15, 0.2) is 41.4 Å². The predicted octanol–water partition coefficient (Wildman–Crippen LogP) is 3.74. The Labute approximate surface area is 163 Å². The second kappa shape index (κ2) is 9.94. The van der Waals surface area contributed by atoms with Gasteiger partial charge in [-0.2, -0.15) is 0 Å². The fourth-order valence-electron chi connectivity index (χ4n) is 2.59. The third-order valence-corrected chi connectivity index (χ3v) is 4.13. The maximum Gasteiger partial charge on any atom is 0.203 e. The molecule has 0 N–H and O–H groups in total. The van der Waals surface area contributed by atoms with Gasteiger partial charge >= 0.3 is 0 Å². The lowest BCUT2D eigenvalue weighted by Crippen LogP contribution is -2.17. The summed E-state index contributed by atoms with van der Waals surface area (Å²) in [7, 11) is 6.10. The maximum absolute atomic E-state index is 12.5. The van der Waals surface area contributed by atoms with Crippen LogP contribution >= 0.6 is 11.6 Å². The molecule has 0 spiro atoms. The molecule has 2 aromatic rings. The van der Waals surface area contributed by atoms with E-state index in [9.17, 15) is 4.79 Å². The zero-order chi connectivity index (χ0) is 19.8. The lowest BCUT2D eigenvalue weighted by Gasteiger charge is -2.14. The molecule has 2 aromatic carbocycles. The van der Waals surface area contributed by atoms with Crippen molar-refractivity contribution in [1.82, 2.24) is 0 Å². The molecule has 0 saturated heterocycles. The molecule has 0 aliphatic heterocycles. The minimum Gasteiger partial charge on any atom is -0.493 e. The van der Waals surface area contributed by atoms with E-state index in [2.05, 4.69) is 4.99 Å². The number of methoxy groups -OCH3 is 4. The molecule has 0 bridgehead atoms. The van der Waals surface area contributed by atoms with E-state index in [1.54, 1.807) is 42.6 Å². The van der Waals surface area contributed by atoms with E-state index in [-0.39, 0.29) is 12.3 Å². The van der Waals surface area contributed by atoms with Crippen LogP contribution in [0.5, 0.6) is 17.2 Å². The molecule has 1 atom stereocenters. The largest absolute Gasteiger partial charge is 0.493 e. The molecule has 0 radical (unpaired) electrons. The van der Waals surface area contributed by atoms with Crippen molar-refractivity contribution in [2.45, 2.75) is 6.10 Å². The number of aliphatic imine (C=N–C) groups is 1. The summed E-state index contributed by atoms with van der Waals surface area (Å²) in [4.78, 5) is 16.7. The Hall–Kier alpha value is -2.57. The zero-order valence-electron chi connectivity index (χ0n) is 15.7. The van der Waals surface area contributed by atoms with Crippen LogP contribution < -0.4 is 14.2 Å². The number of ether oxygens (including phenoxy) is 4. The Morgan fingerprint density at radius 2 is 1.63 bits per heavy atom. The quantitative estimate of drug-likeness (QED) is 0.609. The number of carbonyl (C=O) groups is 1. The van der Waals surface area contributed by atoms with E-state index >= 15 is 0 Å². The number of carbonyl (C=O) groups excluding carboxylic acids is 1. The van der Waals surface area contributed by atoms with Crippen molar-refractivity contribution in [2.24, 2.45) is 4.99 Å². The van der Waals surface area contributed by atoms with Gasteiger partial charge in [0.25, 0.3) is 0 Å². The summed E-state index contributed by atoms with van der Waals surface area (Å²) in [5, 5.41) is 0.599. The highest BCUT2D eigenvalue weighted by Gasteiger charge is 2.19. The van der Waals surface area contributed by atoms with Crippen molar-refractivity contribution in [2.75, 3.05) is 35.0 Å². The summed E-state index contributed by atoms with van der Waals surface area (Å²) < 4.78 is 21.2. The van der Waals surface area contributed by atoms with Crippen molar-refractivity contribution >= 4 is 23.6 Å². The molecule has 0 heterocycles. The first-order chi connectivity index (χ1) is 13.0. The minimum absolute atomic E-state index is 0.0300. The van der Waals surface area contributed by atoms with E-state index in [0.717, 1.165) is 11.1 Å². The normalized spacial score (nSPS) is 12.0. The van der Waals surface area contributed by atoms with Crippen LogP contribution in [0.25, 0.3) is 0 Å². The van der Waals surface area contributed by atoms with Gasteiger partial charge in [0, 0.05) is 18.3 Å². The Balaban J connectivity index is 2.13. The van der Waals surface area contributed by atoms with Crippen molar-refractivity contribution < 1.29 is 23.7 Å². The van der Waals surface area contributed by atoms with Gasteiger partial charge in [-0.05, 0) is 35.4 Å². The van der Waals surface area contributed by atoms with Gasteiger partial charge in [-0.1, -0.05) is 23.7 Å². The molecular weight excluding hydrogens is 370 g/mol. The molecule has 0 aliphatic rings.